The molecule has 1 aliphatic heterocycles. The molecule has 0 aromatic heterocycles. The Morgan fingerprint density at radius 3 is 2.23 bits per heavy atom. The van der Waals surface area contributed by atoms with Crippen LogP contribution < -0.4 is 5.32 Å². The van der Waals surface area contributed by atoms with E-state index in [1.54, 1.807) is 6.07 Å². The third-order valence-electron chi connectivity index (χ3n) is 8.58. The van der Waals surface area contributed by atoms with Gasteiger partial charge >= 0.3 is 5.97 Å². The number of carbonyl (C=O) groups is 2. The summed E-state index contributed by atoms with van der Waals surface area (Å²) in [6, 6.07) is 34.5. The Morgan fingerprint density at radius 1 is 0.894 bits per heavy atom. The summed E-state index contributed by atoms with van der Waals surface area (Å²) < 4.78 is 18.2. The molecule has 0 spiro atoms. The molecule has 0 bridgehead atoms. The van der Waals surface area contributed by atoms with E-state index >= 15 is 0 Å². The highest BCUT2D eigenvalue weighted by Gasteiger charge is 2.33. The standard InChI is InChI=1S/C39H40N2O6/c1-25(45-26(2)43)38(44)40-32-12-8-11-31(20-32)39-46-33(21-37(47-39)28-17-15-27(24-42)16-18-28)22-41(3)23-36-34-13-6-4-9-29(34)19-30-10-5-7-14-35(30)36/h4-20,25,33,37,39,42H,21-24H2,1-3H3,(H,40,44). The van der Waals surface area contributed by atoms with E-state index in [-0.39, 0.29) is 18.8 Å². The lowest BCUT2D eigenvalue weighted by Gasteiger charge is -2.38. The lowest BCUT2D eigenvalue weighted by molar-refractivity contribution is -0.252. The molecule has 1 amide bonds. The molecule has 1 fully saturated rings. The predicted octanol–water partition coefficient (Wildman–Crippen LogP) is 7.05. The largest absolute Gasteiger partial charge is 0.453 e. The molecular weight excluding hydrogens is 592 g/mol. The maximum Gasteiger partial charge on any atom is 0.303 e. The number of nitrogens with zero attached hydrogens (tertiary/aromatic N) is 1. The van der Waals surface area contributed by atoms with Crippen molar-refractivity contribution < 1.29 is 28.9 Å². The van der Waals surface area contributed by atoms with Crippen LogP contribution in [0, 0.1) is 0 Å². The fraction of sp³-hybridized carbons (Fsp3) is 0.282. The number of rotatable bonds is 10. The zero-order chi connectivity index (χ0) is 32.9. The Morgan fingerprint density at radius 2 is 1.57 bits per heavy atom. The van der Waals surface area contributed by atoms with Gasteiger partial charge in [-0.25, -0.2) is 0 Å². The van der Waals surface area contributed by atoms with E-state index in [2.05, 4.69) is 71.9 Å². The first-order chi connectivity index (χ1) is 22.8. The molecule has 1 saturated heterocycles. The molecule has 5 aromatic carbocycles. The third kappa shape index (κ3) is 7.69. The van der Waals surface area contributed by atoms with Gasteiger partial charge in [-0.2, -0.15) is 0 Å². The minimum Gasteiger partial charge on any atom is -0.453 e. The van der Waals surface area contributed by atoms with Gasteiger partial charge in [0.1, 0.15) is 0 Å². The number of likely N-dealkylation sites (N-methyl/N-ethyl adjacent to an activating group) is 1. The van der Waals surface area contributed by atoms with Crippen LogP contribution in [0.4, 0.5) is 5.69 Å². The average Bonchev–Trinajstić information content (AvgIpc) is 3.08. The minimum absolute atomic E-state index is 0.0254. The van der Waals surface area contributed by atoms with Crippen molar-refractivity contribution in [1.29, 1.82) is 0 Å². The van der Waals surface area contributed by atoms with Crippen molar-refractivity contribution in [3.63, 3.8) is 0 Å². The summed E-state index contributed by atoms with van der Waals surface area (Å²) in [5, 5.41) is 17.3. The summed E-state index contributed by atoms with van der Waals surface area (Å²) in [5.41, 5.74) is 4.43. The van der Waals surface area contributed by atoms with Crippen LogP contribution >= 0.6 is 0 Å². The molecule has 2 N–H and O–H groups in total. The first kappa shape index (κ1) is 32.3. The molecule has 4 atom stereocenters. The van der Waals surface area contributed by atoms with E-state index in [4.69, 9.17) is 14.2 Å². The highest BCUT2D eigenvalue weighted by Crippen LogP contribution is 2.39. The van der Waals surface area contributed by atoms with Crippen LogP contribution in [0.15, 0.2) is 103 Å². The number of hydrogen-bond donors (Lipinski definition) is 2. The topological polar surface area (TPSA) is 97.3 Å². The first-order valence-electron chi connectivity index (χ1n) is 15.9. The van der Waals surface area contributed by atoms with E-state index in [1.807, 2.05) is 42.5 Å². The molecule has 0 radical (unpaired) electrons. The number of aliphatic hydroxyl groups excluding tert-OH is 1. The van der Waals surface area contributed by atoms with Gasteiger partial charge in [0, 0.05) is 37.7 Å². The summed E-state index contributed by atoms with van der Waals surface area (Å²) in [6.45, 7) is 4.18. The van der Waals surface area contributed by atoms with Gasteiger partial charge < -0.3 is 24.6 Å². The molecule has 0 aliphatic carbocycles. The van der Waals surface area contributed by atoms with E-state index in [0.29, 0.717) is 18.7 Å². The normalized spacial score (nSPS) is 18.7. The second-order valence-electron chi connectivity index (χ2n) is 12.2. The molecule has 6 rings (SSSR count). The molecule has 5 aromatic rings. The summed E-state index contributed by atoms with van der Waals surface area (Å²) in [5.74, 6) is -0.946. The molecule has 4 unspecified atom stereocenters. The molecule has 47 heavy (non-hydrogen) atoms. The van der Waals surface area contributed by atoms with E-state index in [0.717, 1.165) is 23.2 Å². The highest BCUT2D eigenvalue weighted by molar-refractivity contribution is 6.02. The van der Waals surface area contributed by atoms with Gasteiger partial charge in [0.15, 0.2) is 12.4 Å². The fourth-order valence-electron chi connectivity index (χ4n) is 6.30. The Kier molecular flexibility index (Phi) is 9.94. The number of amides is 1. The van der Waals surface area contributed by atoms with Crippen LogP contribution in [0.5, 0.6) is 0 Å². The highest BCUT2D eigenvalue weighted by atomic mass is 16.7. The van der Waals surface area contributed by atoms with Gasteiger partial charge in [-0.1, -0.05) is 84.9 Å². The van der Waals surface area contributed by atoms with Crippen molar-refractivity contribution >= 4 is 39.1 Å². The Labute approximate surface area is 274 Å². The number of benzene rings is 5. The van der Waals surface area contributed by atoms with Crippen LogP contribution in [-0.4, -0.2) is 47.7 Å². The molecule has 8 heteroatoms. The van der Waals surface area contributed by atoms with Gasteiger partial charge in [-0.3, -0.25) is 14.5 Å². The van der Waals surface area contributed by atoms with Gasteiger partial charge in [-0.15, -0.1) is 0 Å². The van der Waals surface area contributed by atoms with Crippen LogP contribution in [0.25, 0.3) is 21.5 Å². The van der Waals surface area contributed by atoms with Crippen molar-refractivity contribution in [2.45, 2.75) is 58.0 Å². The molecule has 1 heterocycles. The van der Waals surface area contributed by atoms with Crippen LogP contribution in [0.2, 0.25) is 0 Å². The molecule has 8 nitrogen and oxygen atoms in total. The quantitative estimate of drug-likeness (QED) is 0.126. The van der Waals surface area contributed by atoms with Gasteiger partial charge in [0.2, 0.25) is 0 Å². The van der Waals surface area contributed by atoms with Crippen molar-refractivity contribution in [2.75, 3.05) is 18.9 Å². The molecule has 242 valence electrons. The first-order valence-corrected chi connectivity index (χ1v) is 15.9. The van der Waals surface area contributed by atoms with E-state index in [9.17, 15) is 14.7 Å². The summed E-state index contributed by atoms with van der Waals surface area (Å²) in [6.07, 6.45) is -1.38. The monoisotopic (exact) mass is 632 g/mol. The molecule has 0 saturated carbocycles. The summed E-state index contributed by atoms with van der Waals surface area (Å²) in [7, 11) is 2.12. The Hall–Kier alpha value is -4.60. The minimum atomic E-state index is -0.927. The molecular formula is C39H40N2O6. The number of hydrogen-bond acceptors (Lipinski definition) is 7. The van der Waals surface area contributed by atoms with Crippen molar-refractivity contribution in [1.82, 2.24) is 4.90 Å². The molecule has 1 aliphatic rings. The lowest BCUT2D eigenvalue weighted by atomic mass is 9.96. The van der Waals surface area contributed by atoms with Crippen molar-refractivity contribution in [3.05, 3.63) is 125 Å². The zero-order valence-corrected chi connectivity index (χ0v) is 26.9. The third-order valence-corrected chi connectivity index (χ3v) is 8.58. The van der Waals surface area contributed by atoms with Gasteiger partial charge in [0.05, 0.1) is 18.8 Å². The van der Waals surface area contributed by atoms with Crippen molar-refractivity contribution in [3.8, 4) is 0 Å². The second-order valence-corrected chi connectivity index (χ2v) is 12.2. The average molecular weight is 633 g/mol. The number of esters is 1. The summed E-state index contributed by atoms with van der Waals surface area (Å²) >= 11 is 0. The fourth-order valence-corrected chi connectivity index (χ4v) is 6.30. The number of carbonyl (C=O) groups excluding carboxylic acids is 2. The number of nitrogens with one attached hydrogen (secondary N) is 1. The number of fused-ring (bicyclic) bond motifs is 2. The van der Waals surface area contributed by atoms with Crippen LogP contribution in [-0.2, 0) is 37.0 Å². The van der Waals surface area contributed by atoms with Gasteiger partial charge in [0.25, 0.3) is 5.91 Å². The van der Waals surface area contributed by atoms with Crippen molar-refractivity contribution in [2.24, 2.45) is 0 Å². The maximum absolute atomic E-state index is 12.6. The number of ether oxygens (including phenoxy) is 3. The number of aliphatic hydroxyl groups is 1. The van der Waals surface area contributed by atoms with Crippen LogP contribution in [0.1, 0.15) is 54.9 Å². The predicted molar refractivity (Wildman–Crippen MR) is 183 cm³/mol. The second kappa shape index (κ2) is 14.4. The van der Waals surface area contributed by atoms with E-state index < -0.39 is 24.3 Å². The summed E-state index contributed by atoms with van der Waals surface area (Å²) in [4.78, 5) is 26.3. The Balaban J connectivity index is 1.25. The lowest BCUT2D eigenvalue weighted by Crippen LogP contribution is -2.37. The van der Waals surface area contributed by atoms with Crippen LogP contribution in [0.3, 0.4) is 0 Å². The maximum atomic E-state index is 12.6. The van der Waals surface area contributed by atoms with Gasteiger partial charge in [-0.05, 0) is 70.4 Å². The number of anilines is 1. The smallest absolute Gasteiger partial charge is 0.303 e. The Bertz CT molecular complexity index is 1820. The van der Waals surface area contributed by atoms with E-state index in [1.165, 1.54) is 41.0 Å². The zero-order valence-electron chi connectivity index (χ0n) is 26.9. The SMILES string of the molecule is CC(=O)OC(C)C(=O)Nc1cccc(C2OC(CN(C)Cc3c4ccccc4cc4ccccc34)CC(c3ccc(CO)cc3)O2)c1.